The lowest BCUT2D eigenvalue weighted by atomic mass is 10.3. The summed E-state index contributed by atoms with van der Waals surface area (Å²) in [5.41, 5.74) is 6.45. The van der Waals surface area contributed by atoms with Gasteiger partial charge in [0.1, 0.15) is 0 Å². The van der Waals surface area contributed by atoms with E-state index in [2.05, 4.69) is 19.2 Å². The minimum absolute atomic E-state index is 0. The first-order chi connectivity index (χ1) is 6.35. The fourth-order valence-corrected chi connectivity index (χ4v) is 0.773. The average Bonchev–Trinajstić information content (AvgIpc) is 2.18. The molecule has 1 aromatic rings. The Morgan fingerprint density at radius 3 is 2.23 bits per heavy atom. The van der Waals surface area contributed by atoms with E-state index in [-0.39, 0.29) is 2.85 Å². The molecule has 0 saturated carbocycles. The molecule has 78 valence electrons. The molecular formula is C11H24N2. The van der Waals surface area contributed by atoms with Crippen molar-refractivity contribution >= 4 is 5.69 Å². The van der Waals surface area contributed by atoms with Gasteiger partial charge in [-0.3, -0.25) is 0 Å². The first-order valence-electron chi connectivity index (χ1n) is 4.84. The zero-order valence-electron chi connectivity index (χ0n) is 8.59. The van der Waals surface area contributed by atoms with E-state index in [1.165, 1.54) is 6.42 Å². The molecule has 0 heterocycles. The molecule has 2 heteroatoms. The summed E-state index contributed by atoms with van der Waals surface area (Å²) >= 11 is 0. The van der Waals surface area contributed by atoms with Crippen molar-refractivity contribution in [2.45, 2.75) is 20.3 Å². The van der Waals surface area contributed by atoms with E-state index in [1.54, 1.807) is 0 Å². The predicted octanol–water partition coefficient (Wildman–Crippen LogP) is 2.97. The maximum Gasteiger partial charge on any atom is 0.0340 e. The first-order valence-corrected chi connectivity index (χ1v) is 4.84. The summed E-state index contributed by atoms with van der Waals surface area (Å²) < 4.78 is 0. The Bertz CT molecular complexity index is 193. The van der Waals surface area contributed by atoms with Crippen LogP contribution in [0, 0.1) is 0 Å². The lowest BCUT2D eigenvalue weighted by Gasteiger charge is -2.01. The van der Waals surface area contributed by atoms with Gasteiger partial charge in [0.05, 0.1) is 0 Å². The van der Waals surface area contributed by atoms with Crippen molar-refractivity contribution in [1.82, 2.24) is 0 Å². The summed E-state index contributed by atoms with van der Waals surface area (Å²) in [6, 6.07) is 10.0. The molecule has 0 bridgehead atoms. The number of nitrogens with one attached hydrogen (secondary N) is 1. The van der Waals surface area contributed by atoms with Crippen molar-refractivity contribution in [1.29, 1.82) is 0 Å². The number of hydrogen-bond donors (Lipinski definition) is 2. The van der Waals surface area contributed by atoms with Crippen molar-refractivity contribution in [2.24, 2.45) is 5.73 Å². The summed E-state index contributed by atoms with van der Waals surface area (Å²) in [5.74, 6) is 0. The lowest BCUT2D eigenvalue weighted by molar-refractivity contribution is 1.02. The van der Waals surface area contributed by atoms with Crippen LogP contribution in [0.5, 0.6) is 0 Å². The second-order valence-electron chi connectivity index (χ2n) is 2.79. The molecule has 0 atom stereocenters. The van der Waals surface area contributed by atoms with Crippen LogP contribution in [-0.4, -0.2) is 13.1 Å². The molecule has 2 nitrogen and oxygen atoms in total. The van der Waals surface area contributed by atoms with Gasteiger partial charge in [-0.2, -0.15) is 0 Å². The summed E-state index contributed by atoms with van der Waals surface area (Å²) in [4.78, 5) is 0. The van der Waals surface area contributed by atoms with Crippen LogP contribution in [0.4, 0.5) is 5.69 Å². The molecule has 3 N–H and O–H groups in total. The van der Waals surface area contributed by atoms with E-state index in [0.717, 1.165) is 12.2 Å². The van der Waals surface area contributed by atoms with E-state index in [0.29, 0.717) is 6.54 Å². The molecular weight excluding hydrogens is 160 g/mol. The van der Waals surface area contributed by atoms with Gasteiger partial charge >= 0.3 is 0 Å². The van der Waals surface area contributed by atoms with Crippen LogP contribution in [0.25, 0.3) is 0 Å². The average molecular weight is 184 g/mol. The highest BCUT2D eigenvalue weighted by atomic mass is 14.9. The highest BCUT2D eigenvalue weighted by Gasteiger charge is 1.84. The number of para-hydroxylation sites is 1. The molecule has 1 aromatic carbocycles. The lowest BCUT2D eigenvalue weighted by Crippen LogP contribution is -2.12. The van der Waals surface area contributed by atoms with E-state index in [9.17, 15) is 0 Å². The smallest absolute Gasteiger partial charge is 0.0340 e. The molecule has 0 aliphatic carbocycles. The monoisotopic (exact) mass is 184 g/mol. The summed E-state index contributed by atoms with van der Waals surface area (Å²) in [6.07, 6.45) is 1.25. The Labute approximate surface area is 84.1 Å². The van der Waals surface area contributed by atoms with Crippen LogP contribution in [0.2, 0.25) is 0 Å². The molecule has 0 amide bonds. The minimum Gasteiger partial charge on any atom is -0.384 e. The Morgan fingerprint density at radius 2 is 1.77 bits per heavy atom. The molecule has 13 heavy (non-hydrogen) atoms. The van der Waals surface area contributed by atoms with Gasteiger partial charge in [-0.15, -0.1) is 0 Å². The molecule has 0 unspecified atom stereocenters. The molecule has 0 radical (unpaired) electrons. The van der Waals surface area contributed by atoms with Crippen molar-refractivity contribution in [3.05, 3.63) is 30.3 Å². The molecule has 0 saturated heterocycles. The van der Waals surface area contributed by atoms with Crippen molar-refractivity contribution < 1.29 is 2.85 Å². The number of benzene rings is 1. The van der Waals surface area contributed by atoms with Crippen molar-refractivity contribution in [3.8, 4) is 0 Å². The molecule has 1 rings (SSSR count). The van der Waals surface area contributed by atoms with Crippen molar-refractivity contribution in [2.75, 3.05) is 18.4 Å². The van der Waals surface area contributed by atoms with Crippen LogP contribution in [0.3, 0.4) is 0 Å². The molecule has 0 aromatic heterocycles. The predicted molar refractivity (Wildman–Crippen MR) is 64.2 cm³/mol. The second kappa shape index (κ2) is 9.07. The zero-order valence-corrected chi connectivity index (χ0v) is 8.59. The number of rotatable bonds is 3. The summed E-state index contributed by atoms with van der Waals surface area (Å²) in [5, 5.41) is 3.17. The number of nitrogens with two attached hydrogens (primary N) is 1. The van der Waals surface area contributed by atoms with Crippen LogP contribution in [-0.2, 0) is 0 Å². The Hall–Kier alpha value is -1.02. The maximum atomic E-state index is 5.31. The van der Waals surface area contributed by atoms with Gasteiger partial charge in [0.15, 0.2) is 0 Å². The van der Waals surface area contributed by atoms with E-state index in [1.807, 2.05) is 30.3 Å². The number of anilines is 1. The summed E-state index contributed by atoms with van der Waals surface area (Å²) in [7, 11) is 0. The van der Waals surface area contributed by atoms with Gasteiger partial charge < -0.3 is 11.1 Å². The van der Waals surface area contributed by atoms with Gasteiger partial charge in [0.25, 0.3) is 0 Å². The maximum absolute atomic E-state index is 5.31. The summed E-state index contributed by atoms with van der Waals surface area (Å²) in [6.45, 7) is 5.76. The Kier molecular flexibility index (Phi) is 8.36. The fourth-order valence-electron chi connectivity index (χ4n) is 0.773. The fraction of sp³-hybridized carbons (Fsp3) is 0.455. The van der Waals surface area contributed by atoms with Gasteiger partial charge in [0.2, 0.25) is 0 Å². The normalized spacial score (nSPS) is 8.54. The third-order valence-electron chi connectivity index (χ3n) is 1.25. The van der Waals surface area contributed by atoms with E-state index < -0.39 is 0 Å². The standard InChI is InChI=1S/C8H12N2.C3H8.2H2/c9-6-7-10-8-4-2-1-3-5-8;1-3-2;;/h1-5,10H,6-7,9H2;3H2,1-2H3;2*1H. The second-order valence-corrected chi connectivity index (χ2v) is 2.79. The highest BCUT2D eigenvalue weighted by Crippen LogP contribution is 2.02. The molecule has 0 aliphatic rings. The topological polar surface area (TPSA) is 38.0 Å². The largest absolute Gasteiger partial charge is 0.384 e. The molecule has 0 aliphatic heterocycles. The highest BCUT2D eigenvalue weighted by molar-refractivity contribution is 5.42. The minimum atomic E-state index is 0. The molecule has 0 fully saturated rings. The van der Waals surface area contributed by atoms with Crippen LogP contribution >= 0.6 is 0 Å². The van der Waals surface area contributed by atoms with Crippen molar-refractivity contribution in [3.63, 3.8) is 0 Å². The number of hydrogen-bond acceptors (Lipinski definition) is 2. The van der Waals surface area contributed by atoms with Gasteiger partial charge in [-0.25, -0.2) is 0 Å². The van der Waals surface area contributed by atoms with Crippen LogP contribution < -0.4 is 11.1 Å². The van der Waals surface area contributed by atoms with Gasteiger partial charge in [-0.05, 0) is 12.1 Å². The third kappa shape index (κ3) is 7.34. The third-order valence-corrected chi connectivity index (χ3v) is 1.25. The molecule has 0 spiro atoms. The van der Waals surface area contributed by atoms with Gasteiger partial charge in [0, 0.05) is 21.6 Å². The van der Waals surface area contributed by atoms with Crippen LogP contribution in [0.15, 0.2) is 30.3 Å². The van der Waals surface area contributed by atoms with E-state index >= 15 is 0 Å². The Morgan fingerprint density at radius 1 is 1.23 bits per heavy atom. The van der Waals surface area contributed by atoms with Gasteiger partial charge in [-0.1, -0.05) is 38.5 Å². The Balaban J connectivity index is -0.000000260. The SMILES string of the molecule is CCC.NCCNc1ccccc1.[HH].[HH]. The zero-order chi connectivity index (χ0) is 9.94. The quantitative estimate of drug-likeness (QED) is 0.758. The van der Waals surface area contributed by atoms with E-state index in [4.69, 9.17) is 5.73 Å². The first kappa shape index (κ1) is 12.0. The van der Waals surface area contributed by atoms with Crippen LogP contribution in [0.1, 0.15) is 23.1 Å².